The summed E-state index contributed by atoms with van der Waals surface area (Å²) in [5.41, 5.74) is -0.817. The summed E-state index contributed by atoms with van der Waals surface area (Å²) in [7, 11) is 0. The quantitative estimate of drug-likeness (QED) is 0.824. The molecule has 1 atom stereocenters. The lowest BCUT2D eigenvalue weighted by Gasteiger charge is -2.39. The van der Waals surface area contributed by atoms with Crippen LogP contribution in [0.3, 0.4) is 0 Å². The number of nitrogens with zero attached hydrogens (tertiary/aromatic N) is 2. The van der Waals surface area contributed by atoms with Gasteiger partial charge in [0.25, 0.3) is 0 Å². The highest BCUT2D eigenvalue weighted by Gasteiger charge is 2.42. The molecule has 2 heterocycles. The molecule has 2 saturated heterocycles. The Morgan fingerprint density at radius 3 is 2.60 bits per heavy atom. The van der Waals surface area contributed by atoms with Gasteiger partial charge in [0, 0.05) is 26.1 Å². The number of rotatable bonds is 4. The van der Waals surface area contributed by atoms with E-state index in [1.54, 1.807) is 9.80 Å². The van der Waals surface area contributed by atoms with E-state index < -0.39 is 11.4 Å². The first-order valence-electron chi connectivity index (χ1n) is 7.27. The summed E-state index contributed by atoms with van der Waals surface area (Å²) < 4.78 is 0. The minimum atomic E-state index is -0.824. The number of amides is 2. The Bertz CT molecular complexity index is 423. The van der Waals surface area contributed by atoms with Gasteiger partial charge in [-0.05, 0) is 25.7 Å². The molecule has 0 aromatic heterocycles. The van der Waals surface area contributed by atoms with Crippen molar-refractivity contribution in [3.8, 4) is 0 Å². The lowest BCUT2D eigenvalue weighted by atomic mass is 9.77. The maximum Gasteiger partial charge on any atom is 0.311 e. The molecule has 0 saturated carbocycles. The van der Waals surface area contributed by atoms with E-state index in [9.17, 15) is 19.5 Å². The first-order chi connectivity index (χ1) is 9.48. The molecule has 112 valence electrons. The zero-order chi connectivity index (χ0) is 14.8. The molecule has 6 nitrogen and oxygen atoms in total. The van der Waals surface area contributed by atoms with Crippen LogP contribution in [0.5, 0.6) is 0 Å². The number of carbonyl (C=O) groups excluding carboxylic acids is 2. The fourth-order valence-corrected chi connectivity index (χ4v) is 3.09. The molecule has 1 N–H and O–H groups in total. The highest BCUT2D eigenvalue weighted by atomic mass is 16.4. The van der Waals surface area contributed by atoms with E-state index in [0.29, 0.717) is 38.8 Å². The van der Waals surface area contributed by atoms with Gasteiger partial charge in [-0.15, -0.1) is 0 Å². The Labute approximate surface area is 118 Å². The van der Waals surface area contributed by atoms with Crippen molar-refractivity contribution in [2.24, 2.45) is 5.41 Å². The van der Waals surface area contributed by atoms with Crippen LogP contribution in [-0.2, 0) is 14.4 Å². The first-order valence-corrected chi connectivity index (χ1v) is 7.27. The van der Waals surface area contributed by atoms with E-state index in [1.165, 1.54) is 0 Å². The Morgan fingerprint density at radius 1 is 1.30 bits per heavy atom. The predicted molar refractivity (Wildman–Crippen MR) is 72.0 cm³/mol. The monoisotopic (exact) mass is 282 g/mol. The zero-order valence-electron chi connectivity index (χ0n) is 11.9. The van der Waals surface area contributed by atoms with Crippen molar-refractivity contribution in [2.45, 2.75) is 39.0 Å². The van der Waals surface area contributed by atoms with Crippen LogP contribution in [0.2, 0.25) is 0 Å². The molecule has 1 unspecified atom stereocenters. The van der Waals surface area contributed by atoms with Crippen LogP contribution >= 0.6 is 0 Å². The predicted octanol–water partition coefficient (Wildman–Crippen LogP) is 0.712. The van der Waals surface area contributed by atoms with Crippen LogP contribution in [0.4, 0.5) is 0 Å². The van der Waals surface area contributed by atoms with E-state index in [0.717, 1.165) is 6.42 Å². The zero-order valence-corrected chi connectivity index (χ0v) is 11.9. The van der Waals surface area contributed by atoms with E-state index >= 15 is 0 Å². The Morgan fingerprint density at radius 2 is 2.05 bits per heavy atom. The summed E-state index contributed by atoms with van der Waals surface area (Å²) in [5.74, 6) is -0.927. The SMILES string of the molecule is CCC1(C(=O)O)CCCN(C(=O)CN2CCCC2=O)C1. The molecule has 2 fully saturated rings. The van der Waals surface area contributed by atoms with Gasteiger partial charge in [-0.3, -0.25) is 14.4 Å². The molecule has 0 aliphatic carbocycles. The first kappa shape index (κ1) is 14.8. The largest absolute Gasteiger partial charge is 0.481 e. The van der Waals surface area contributed by atoms with Crippen LogP contribution in [0.25, 0.3) is 0 Å². The van der Waals surface area contributed by atoms with Gasteiger partial charge in [-0.25, -0.2) is 0 Å². The summed E-state index contributed by atoms with van der Waals surface area (Å²) in [6, 6.07) is 0. The van der Waals surface area contributed by atoms with E-state index in [-0.39, 0.29) is 24.9 Å². The number of carboxylic acids is 1. The van der Waals surface area contributed by atoms with Crippen molar-refractivity contribution in [3.63, 3.8) is 0 Å². The second kappa shape index (κ2) is 5.81. The van der Waals surface area contributed by atoms with E-state index in [4.69, 9.17) is 0 Å². The number of carbonyl (C=O) groups is 3. The van der Waals surface area contributed by atoms with Gasteiger partial charge < -0.3 is 14.9 Å². The second-order valence-corrected chi connectivity index (χ2v) is 5.78. The molecular weight excluding hydrogens is 260 g/mol. The van der Waals surface area contributed by atoms with Crippen LogP contribution in [-0.4, -0.2) is 58.9 Å². The molecule has 20 heavy (non-hydrogen) atoms. The maximum absolute atomic E-state index is 12.3. The van der Waals surface area contributed by atoms with Crippen LogP contribution in [0.15, 0.2) is 0 Å². The minimum absolute atomic E-state index is 0.0235. The maximum atomic E-state index is 12.3. The van der Waals surface area contributed by atoms with Crippen molar-refractivity contribution in [2.75, 3.05) is 26.2 Å². The number of likely N-dealkylation sites (tertiary alicyclic amines) is 2. The van der Waals surface area contributed by atoms with E-state index in [1.807, 2.05) is 6.92 Å². The second-order valence-electron chi connectivity index (χ2n) is 5.78. The molecular formula is C14H22N2O4. The van der Waals surface area contributed by atoms with Crippen molar-refractivity contribution < 1.29 is 19.5 Å². The number of hydrogen-bond acceptors (Lipinski definition) is 3. The van der Waals surface area contributed by atoms with Crippen molar-refractivity contribution in [3.05, 3.63) is 0 Å². The van der Waals surface area contributed by atoms with Gasteiger partial charge in [0.05, 0.1) is 12.0 Å². The van der Waals surface area contributed by atoms with Gasteiger partial charge >= 0.3 is 5.97 Å². The summed E-state index contributed by atoms with van der Waals surface area (Å²) in [4.78, 5) is 38.5. The number of hydrogen-bond donors (Lipinski definition) is 1. The topological polar surface area (TPSA) is 77.9 Å². The third-order valence-electron chi connectivity index (χ3n) is 4.56. The number of carboxylic acid groups (broad SMARTS) is 1. The van der Waals surface area contributed by atoms with Gasteiger partial charge in [0.1, 0.15) is 0 Å². The fourth-order valence-electron chi connectivity index (χ4n) is 3.09. The summed E-state index contributed by atoms with van der Waals surface area (Å²) in [5, 5.41) is 9.41. The highest BCUT2D eigenvalue weighted by Crippen LogP contribution is 2.33. The highest BCUT2D eigenvalue weighted by molar-refractivity contribution is 5.86. The summed E-state index contributed by atoms with van der Waals surface area (Å²) >= 11 is 0. The molecule has 6 heteroatoms. The minimum Gasteiger partial charge on any atom is -0.481 e. The lowest BCUT2D eigenvalue weighted by molar-refractivity contribution is -0.156. The smallest absolute Gasteiger partial charge is 0.311 e. The Balaban J connectivity index is 1.99. The molecule has 2 aliphatic rings. The molecule has 0 aromatic carbocycles. The average molecular weight is 282 g/mol. The molecule has 0 radical (unpaired) electrons. The van der Waals surface area contributed by atoms with Crippen molar-refractivity contribution >= 4 is 17.8 Å². The molecule has 0 bridgehead atoms. The Kier molecular flexibility index (Phi) is 4.30. The molecule has 2 amide bonds. The molecule has 0 spiro atoms. The normalized spacial score (nSPS) is 26.9. The standard InChI is InChI=1S/C14H22N2O4/c1-2-14(13(19)20)6-4-8-16(10-14)12(18)9-15-7-3-5-11(15)17/h2-10H2,1H3,(H,19,20). The molecule has 0 aromatic rings. The third kappa shape index (κ3) is 2.78. The lowest BCUT2D eigenvalue weighted by Crippen LogP contribution is -2.52. The van der Waals surface area contributed by atoms with Gasteiger partial charge in [0.2, 0.25) is 11.8 Å². The van der Waals surface area contributed by atoms with Gasteiger partial charge in [0.15, 0.2) is 0 Å². The number of aliphatic carboxylic acids is 1. The Hall–Kier alpha value is -1.59. The van der Waals surface area contributed by atoms with E-state index in [2.05, 4.69) is 0 Å². The third-order valence-corrected chi connectivity index (χ3v) is 4.56. The summed E-state index contributed by atoms with van der Waals surface area (Å²) in [6.07, 6.45) is 3.17. The molecule has 2 aliphatic heterocycles. The van der Waals surface area contributed by atoms with Gasteiger partial charge in [-0.1, -0.05) is 6.92 Å². The fraction of sp³-hybridized carbons (Fsp3) is 0.786. The van der Waals surface area contributed by atoms with Gasteiger partial charge in [-0.2, -0.15) is 0 Å². The van der Waals surface area contributed by atoms with Crippen molar-refractivity contribution in [1.29, 1.82) is 0 Å². The van der Waals surface area contributed by atoms with Crippen molar-refractivity contribution in [1.82, 2.24) is 9.80 Å². The van der Waals surface area contributed by atoms with Crippen LogP contribution in [0.1, 0.15) is 39.0 Å². The average Bonchev–Trinajstić information content (AvgIpc) is 2.84. The molecule has 2 rings (SSSR count). The summed E-state index contributed by atoms with van der Waals surface area (Å²) in [6.45, 7) is 3.44. The van der Waals surface area contributed by atoms with Crippen LogP contribution in [0, 0.1) is 5.41 Å². The van der Waals surface area contributed by atoms with Crippen LogP contribution < -0.4 is 0 Å². The number of piperidine rings is 1.